The second-order valence-corrected chi connectivity index (χ2v) is 14.0. The van der Waals surface area contributed by atoms with Crippen molar-refractivity contribution in [2.75, 3.05) is 50.7 Å². The maximum Gasteiger partial charge on any atom is 0.405 e. The largest absolute Gasteiger partial charge is 0.457 e. The summed E-state index contributed by atoms with van der Waals surface area (Å²) in [5.41, 5.74) is 3.71. The van der Waals surface area contributed by atoms with E-state index in [-0.39, 0.29) is 5.91 Å². The van der Waals surface area contributed by atoms with Crippen LogP contribution in [0.1, 0.15) is 51.9 Å². The molecule has 0 atom stereocenters. The van der Waals surface area contributed by atoms with Gasteiger partial charge in [-0.2, -0.15) is 13.2 Å². The first kappa shape index (κ1) is 34.9. The fourth-order valence-electron chi connectivity index (χ4n) is 7.71. The highest BCUT2D eigenvalue weighted by Crippen LogP contribution is 2.50. The van der Waals surface area contributed by atoms with E-state index in [1.54, 1.807) is 48.5 Å². The van der Waals surface area contributed by atoms with Gasteiger partial charge < -0.3 is 19.9 Å². The van der Waals surface area contributed by atoms with Crippen LogP contribution in [0.25, 0.3) is 0 Å². The number of hydrogen-bond acceptors (Lipinski definition) is 5. The standard InChI is InChI=1S/C40H40ClF3N4O3/c41-30-9-7-8-28(24-30)26-48-19-16-29-14-15-31(25-32(29)37(48)49)47-22-20-46(21-23-47)18-6-5-17-39(38(50)45-27-40(42,43)44)33-10-1-3-12-35(33)51-36-13-4-2-11-34(36)39/h1-4,7-15,24-25H,5-6,16-23,26-27H2,(H,45,50). The van der Waals surface area contributed by atoms with E-state index in [0.29, 0.717) is 53.6 Å². The molecule has 11 heteroatoms. The number of piperazine rings is 1. The number of unbranched alkanes of at least 4 members (excludes halogenated alkanes) is 1. The third kappa shape index (κ3) is 7.44. The molecule has 0 bridgehead atoms. The van der Waals surface area contributed by atoms with Crippen LogP contribution in [0.4, 0.5) is 18.9 Å². The molecule has 266 valence electrons. The highest BCUT2D eigenvalue weighted by Gasteiger charge is 2.48. The van der Waals surface area contributed by atoms with Crippen LogP contribution in [-0.4, -0.2) is 73.6 Å². The molecule has 1 saturated heterocycles. The van der Waals surface area contributed by atoms with Crippen molar-refractivity contribution in [3.05, 3.63) is 124 Å². The first-order chi connectivity index (χ1) is 24.6. The van der Waals surface area contributed by atoms with Crippen molar-refractivity contribution < 1.29 is 27.5 Å². The number of halogens is 4. The van der Waals surface area contributed by atoms with Crippen LogP contribution in [0.3, 0.4) is 0 Å². The molecule has 4 aromatic rings. The minimum Gasteiger partial charge on any atom is -0.457 e. The van der Waals surface area contributed by atoms with Crippen LogP contribution in [0.2, 0.25) is 5.02 Å². The third-order valence-corrected chi connectivity index (χ3v) is 10.5. The summed E-state index contributed by atoms with van der Waals surface area (Å²) in [4.78, 5) is 34.0. The first-order valence-corrected chi connectivity index (χ1v) is 17.8. The number of amides is 2. The molecule has 0 aliphatic carbocycles. The second kappa shape index (κ2) is 14.6. The van der Waals surface area contributed by atoms with E-state index in [2.05, 4.69) is 27.2 Å². The van der Waals surface area contributed by atoms with Crippen molar-refractivity contribution in [1.82, 2.24) is 15.1 Å². The lowest BCUT2D eigenvalue weighted by Crippen LogP contribution is -2.49. The summed E-state index contributed by atoms with van der Waals surface area (Å²) in [7, 11) is 0. The quantitative estimate of drug-likeness (QED) is 0.171. The van der Waals surface area contributed by atoms with Gasteiger partial charge in [0.2, 0.25) is 5.91 Å². The van der Waals surface area contributed by atoms with Crippen molar-refractivity contribution in [2.45, 2.75) is 43.8 Å². The lowest BCUT2D eigenvalue weighted by atomic mass is 9.68. The molecule has 3 heterocycles. The number of nitrogens with zero attached hydrogens (tertiary/aromatic N) is 3. The number of carbonyl (C=O) groups excluding carboxylic acids is 2. The molecule has 0 spiro atoms. The van der Waals surface area contributed by atoms with Crippen LogP contribution >= 0.6 is 11.6 Å². The van der Waals surface area contributed by atoms with Gasteiger partial charge in [-0.15, -0.1) is 0 Å². The normalized spacial score (nSPS) is 16.9. The fourth-order valence-corrected chi connectivity index (χ4v) is 7.92. The van der Waals surface area contributed by atoms with Gasteiger partial charge in [0.15, 0.2) is 0 Å². The van der Waals surface area contributed by atoms with Crippen LogP contribution in [-0.2, 0) is 23.2 Å². The molecule has 7 nitrogen and oxygen atoms in total. The van der Waals surface area contributed by atoms with E-state index in [4.69, 9.17) is 16.3 Å². The summed E-state index contributed by atoms with van der Waals surface area (Å²) < 4.78 is 45.9. The van der Waals surface area contributed by atoms with Gasteiger partial charge in [0.25, 0.3) is 5.91 Å². The molecular formula is C40H40ClF3N4O3. The van der Waals surface area contributed by atoms with Gasteiger partial charge in [-0.25, -0.2) is 0 Å². The maximum atomic E-state index is 13.9. The highest BCUT2D eigenvalue weighted by molar-refractivity contribution is 6.30. The predicted octanol–water partition coefficient (Wildman–Crippen LogP) is 7.60. The number of rotatable bonds is 10. The number of para-hydroxylation sites is 2. The van der Waals surface area contributed by atoms with Crippen LogP contribution in [0, 0.1) is 0 Å². The highest BCUT2D eigenvalue weighted by atomic mass is 35.5. The molecule has 0 saturated carbocycles. The molecular weight excluding hydrogens is 677 g/mol. The number of fused-ring (bicyclic) bond motifs is 3. The zero-order valence-electron chi connectivity index (χ0n) is 28.2. The Bertz CT molecular complexity index is 1860. The molecule has 51 heavy (non-hydrogen) atoms. The Hall–Kier alpha value is -4.54. The van der Waals surface area contributed by atoms with E-state index in [0.717, 1.165) is 67.9 Å². The number of nitrogens with one attached hydrogen (secondary N) is 1. The Morgan fingerprint density at radius 3 is 2.24 bits per heavy atom. The van der Waals surface area contributed by atoms with Crippen molar-refractivity contribution in [1.29, 1.82) is 0 Å². The molecule has 7 rings (SSSR count). The number of ether oxygens (including phenoxy) is 1. The van der Waals surface area contributed by atoms with Crippen LogP contribution in [0.5, 0.6) is 11.5 Å². The number of benzene rings is 4. The van der Waals surface area contributed by atoms with Crippen molar-refractivity contribution in [3.63, 3.8) is 0 Å². The van der Waals surface area contributed by atoms with Gasteiger partial charge in [0.1, 0.15) is 23.5 Å². The second-order valence-electron chi connectivity index (χ2n) is 13.5. The molecule has 1 fully saturated rings. The number of hydrogen-bond donors (Lipinski definition) is 1. The lowest BCUT2D eigenvalue weighted by Gasteiger charge is -2.39. The Kier molecular flexibility index (Phi) is 9.99. The molecule has 3 aliphatic heterocycles. The minimum atomic E-state index is -4.53. The molecule has 2 amide bonds. The van der Waals surface area contributed by atoms with Gasteiger partial charge in [-0.1, -0.05) is 72.6 Å². The summed E-state index contributed by atoms with van der Waals surface area (Å²) in [6.07, 6.45) is -1.98. The molecule has 3 aliphatic rings. The smallest absolute Gasteiger partial charge is 0.405 e. The molecule has 0 radical (unpaired) electrons. The lowest BCUT2D eigenvalue weighted by molar-refractivity contribution is -0.141. The zero-order chi connectivity index (χ0) is 35.6. The Morgan fingerprint density at radius 1 is 0.843 bits per heavy atom. The summed E-state index contributed by atoms with van der Waals surface area (Å²) in [5, 5.41) is 2.86. The van der Waals surface area contributed by atoms with Crippen molar-refractivity contribution >= 4 is 29.1 Å². The van der Waals surface area contributed by atoms with E-state index in [1.165, 1.54) is 0 Å². The predicted molar refractivity (Wildman–Crippen MR) is 192 cm³/mol. The van der Waals surface area contributed by atoms with Crippen LogP contribution < -0.4 is 15.0 Å². The Balaban J connectivity index is 0.981. The molecule has 4 aromatic carbocycles. The van der Waals surface area contributed by atoms with Gasteiger partial charge >= 0.3 is 6.18 Å². The average Bonchev–Trinajstić information content (AvgIpc) is 3.13. The number of anilines is 1. The zero-order valence-corrected chi connectivity index (χ0v) is 29.0. The minimum absolute atomic E-state index is 0.0383. The SMILES string of the molecule is O=C1c2cc(N3CCN(CCCCC4(C(=O)NCC(F)(F)F)c5ccccc5Oc5ccccc54)CC3)ccc2CCN1Cc1cccc(Cl)c1. The van der Waals surface area contributed by atoms with Gasteiger partial charge in [-0.3, -0.25) is 14.5 Å². The summed E-state index contributed by atoms with van der Waals surface area (Å²) in [5.74, 6) is 0.323. The van der Waals surface area contributed by atoms with Crippen LogP contribution in [0.15, 0.2) is 91.0 Å². The van der Waals surface area contributed by atoms with E-state index in [9.17, 15) is 22.8 Å². The fraction of sp³-hybridized carbons (Fsp3) is 0.350. The van der Waals surface area contributed by atoms with Gasteiger partial charge in [0.05, 0.1) is 0 Å². The average molecular weight is 717 g/mol. The van der Waals surface area contributed by atoms with Crippen molar-refractivity contribution in [2.24, 2.45) is 0 Å². The third-order valence-electron chi connectivity index (χ3n) is 10.3. The topological polar surface area (TPSA) is 65.1 Å². The van der Waals surface area contributed by atoms with E-state index in [1.807, 2.05) is 35.2 Å². The molecule has 0 unspecified atom stereocenters. The summed E-state index contributed by atoms with van der Waals surface area (Å²) in [6.45, 7) is 3.88. The monoisotopic (exact) mass is 716 g/mol. The summed E-state index contributed by atoms with van der Waals surface area (Å²) >= 11 is 6.18. The van der Waals surface area contributed by atoms with E-state index < -0.39 is 24.0 Å². The summed E-state index contributed by atoms with van der Waals surface area (Å²) in [6, 6.07) is 28.1. The molecule has 1 N–H and O–H groups in total. The number of carbonyl (C=O) groups is 2. The Morgan fingerprint density at radius 2 is 1.55 bits per heavy atom. The molecule has 0 aromatic heterocycles. The van der Waals surface area contributed by atoms with Gasteiger partial charge in [0, 0.05) is 66.7 Å². The first-order valence-electron chi connectivity index (χ1n) is 17.5. The van der Waals surface area contributed by atoms with Gasteiger partial charge in [-0.05, 0) is 73.3 Å². The number of alkyl halides is 3. The van der Waals surface area contributed by atoms with Crippen molar-refractivity contribution in [3.8, 4) is 11.5 Å². The van der Waals surface area contributed by atoms with E-state index >= 15 is 0 Å². The Labute approximate surface area is 300 Å². The maximum absolute atomic E-state index is 13.9.